The first-order valence-electron chi connectivity index (χ1n) is 5.85. The van der Waals surface area contributed by atoms with Gasteiger partial charge in [0.1, 0.15) is 5.82 Å². The molecule has 1 aromatic rings. The van der Waals surface area contributed by atoms with Crippen LogP contribution in [0.4, 0.5) is 19.7 Å². The lowest BCUT2D eigenvalue weighted by Gasteiger charge is -2.34. The molecule has 0 aliphatic carbocycles. The molecule has 2 unspecified atom stereocenters. The number of imide groups is 1. The fourth-order valence-electron chi connectivity index (χ4n) is 2.50. The van der Waals surface area contributed by atoms with E-state index in [9.17, 15) is 14.0 Å². The highest BCUT2D eigenvalue weighted by atomic mass is 32.2. The van der Waals surface area contributed by atoms with Crippen molar-refractivity contribution in [1.82, 2.24) is 4.90 Å². The second kappa shape index (κ2) is 4.12. The molecular weight excluding hydrogens is 269 g/mol. The van der Waals surface area contributed by atoms with Crippen molar-refractivity contribution in [1.29, 1.82) is 0 Å². The van der Waals surface area contributed by atoms with Crippen LogP contribution in [0, 0.1) is 5.82 Å². The summed E-state index contributed by atoms with van der Waals surface area (Å²) in [6.45, 7) is 2.23. The van der Waals surface area contributed by atoms with Gasteiger partial charge in [0.05, 0.1) is 18.3 Å². The predicted molar refractivity (Wildman–Crippen MR) is 69.7 cm³/mol. The minimum atomic E-state index is -0.769. The van der Waals surface area contributed by atoms with Gasteiger partial charge < -0.3 is 5.73 Å². The predicted octanol–water partition coefficient (Wildman–Crippen LogP) is 2.01. The van der Waals surface area contributed by atoms with Crippen LogP contribution in [0.25, 0.3) is 0 Å². The molecule has 1 saturated heterocycles. The van der Waals surface area contributed by atoms with E-state index in [0.29, 0.717) is 5.69 Å². The number of amides is 4. The molecule has 7 heteroatoms. The lowest BCUT2D eigenvalue weighted by Crippen LogP contribution is -2.43. The summed E-state index contributed by atoms with van der Waals surface area (Å²) in [5.41, 5.74) is 5.71. The number of anilines is 1. The molecule has 2 atom stereocenters. The lowest BCUT2D eigenvalue weighted by atomic mass is 10.1. The fraction of sp³-hybridized carbons (Fsp3) is 0.333. The van der Waals surface area contributed by atoms with E-state index >= 15 is 0 Å². The molecule has 19 heavy (non-hydrogen) atoms. The number of rotatable bonds is 0. The number of fused-ring (bicyclic) bond motifs is 3. The average Bonchev–Trinajstić information content (AvgIpc) is 2.69. The van der Waals surface area contributed by atoms with E-state index in [-0.39, 0.29) is 17.8 Å². The summed E-state index contributed by atoms with van der Waals surface area (Å²) in [4.78, 5) is 26.8. The van der Waals surface area contributed by atoms with E-state index in [0.717, 1.165) is 9.80 Å². The molecule has 2 heterocycles. The van der Waals surface area contributed by atoms with Crippen molar-refractivity contribution in [3.05, 3.63) is 24.0 Å². The molecule has 2 aliphatic rings. The Morgan fingerprint density at radius 1 is 1.53 bits per heavy atom. The van der Waals surface area contributed by atoms with Crippen LogP contribution < -0.4 is 10.6 Å². The van der Waals surface area contributed by atoms with Crippen molar-refractivity contribution in [2.75, 3.05) is 11.4 Å². The molecule has 5 nitrogen and oxygen atoms in total. The first-order chi connectivity index (χ1) is 8.99. The highest BCUT2D eigenvalue weighted by Crippen LogP contribution is 2.44. The van der Waals surface area contributed by atoms with Gasteiger partial charge in [0.15, 0.2) is 0 Å². The Morgan fingerprint density at radius 2 is 2.26 bits per heavy atom. The van der Waals surface area contributed by atoms with Gasteiger partial charge in [-0.25, -0.2) is 18.9 Å². The molecule has 0 spiro atoms. The first-order valence-corrected chi connectivity index (χ1v) is 6.73. The number of thioether (sulfide) groups is 1. The Bertz CT molecular complexity index is 580. The van der Waals surface area contributed by atoms with Crippen LogP contribution in [0.5, 0.6) is 0 Å². The van der Waals surface area contributed by atoms with Gasteiger partial charge in [-0.3, -0.25) is 4.90 Å². The highest BCUT2D eigenvalue weighted by molar-refractivity contribution is 8.00. The second-order valence-corrected chi connectivity index (χ2v) is 6.02. The number of carbonyl (C=O) groups excluding carboxylic acids is 2. The molecule has 4 amide bonds. The molecule has 2 N–H and O–H groups in total. The maximum atomic E-state index is 13.4. The highest BCUT2D eigenvalue weighted by Gasteiger charge is 2.46. The number of carbonyl (C=O) groups is 2. The smallest absolute Gasteiger partial charge is 0.333 e. The molecule has 1 fully saturated rings. The van der Waals surface area contributed by atoms with Gasteiger partial charge in [-0.1, -0.05) is 6.92 Å². The summed E-state index contributed by atoms with van der Waals surface area (Å²) < 4.78 is 13.4. The first kappa shape index (κ1) is 12.3. The summed E-state index contributed by atoms with van der Waals surface area (Å²) in [6, 6.07) is 2.93. The van der Waals surface area contributed by atoms with E-state index in [2.05, 4.69) is 0 Å². The molecule has 0 bridgehead atoms. The van der Waals surface area contributed by atoms with Crippen LogP contribution in [-0.4, -0.2) is 34.8 Å². The van der Waals surface area contributed by atoms with E-state index in [1.54, 1.807) is 17.8 Å². The fourth-order valence-corrected chi connectivity index (χ4v) is 3.69. The van der Waals surface area contributed by atoms with Gasteiger partial charge in [0.25, 0.3) is 0 Å². The Balaban J connectivity index is 2.09. The Morgan fingerprint density at radius 3 is 2.95 bits per heavy atom. The van der Waals surface area contributed by atoms with Crippen molar-refractivity contribution >= 4 is 29.5 Å². The summed E-state index contributed by atoms with van der Waals surface area (Å²) in [5, 5.41) is 0.117. The second-order valence-electron chi connectivity index (χ2n) is 4.60. The third-order valence-electron chi connectivity index (χ3n) is 3.44. The molecule has 100 valence electrons. The SMILES string of the molecule is CC1Sc2ccc(F)cc2N2C(=O)N(C(N)=O)CC12. The zero-order valence-corrected chi connectivity index (χ0v) is 11.0. The number of halogens is 1. The largest absolute Gasteiger partial charge is 0.351 e. The van der Waals surface area contributed by atoms with Gasteiger partial charge in [-0.05, 0) is 18.2 Å². The van der Waals surface area contributed by atoms with Crippen LogP contribution >= 0.6 is 11.8 Å². The van der Waals surface area contributed by atoms with E-state index in [1.165, 1.54) is 17.0 Å². The molecule has 0 saturated carbocycles. The molecule has 2 aliphatic heterocycles. The van der Waals surface area contributed by atoms with E-state index in [4.69, 9.17) is 5.73 Å². The van der Waals surface area contributed by atoms with Crippen LogP contribution in [0.2, 0.25) is 0 Å². The summed E-state index contributed by atoms with van der Waals surface area (Å²) in [6.07, 6.45) is 0. The van der Waals surface area contributed by atoms with E-state index < -0.39 is 17.9 Å². The van der Waals surface area contributed by atoms with Crippen LogP contribution in [0.3, 0.4) is 0 Å². The molecule has 0 aromatic heterocycles. The minimum Gasteiger partial charge on any atom is -0.351 e. The number of hydrogen-bond acceptors (Lipinski definition) is 3. The van der Waals surface area contributed by atoms with Gasteiger partial charge in [-0.2, -0.15) is 0 Å². The van der Waals surface area contributed by atoms with E-state index in [1.807, 2.05) is 6.92 Å². The molecule has 3 rings (SSSR count). The zero-order valence-electron chi connectivity index (χ0n) is 10.2. The number of primary amides is 1. The topological polar surface area (TPSA) is 66.6 Å². The van der Waals surface area contributed by atoms with Crippen LogP contribution in [0.15, 0.2) is 23.1 Å². The number of hydrogen-bond donors (Lipinski definition) is 1. The lowest BCUT2D eigenvalue weighted by molar-refractivity contribution is 0.206. The third kappa shape index (κ3) is 1.76. The van der Waals surface area contributed by atoms with Crippen LogP contribution in [-0.2, 0) is 0 Å². The third-order valence-corrected chi connectivity index (χ3v) is 4.72. The summed E-state index contributed by atoms with van der Waals surface area (Å²) >= 11 is 1.57. The zero-order chi connectivity index (χ0) is 13.7. The number of nitrogens with zero attached hydrogens (tertiary/aromatic N) is 2. The Kier molecular flexibility index (Phi) is 2.67. The summed E-state index contributed by atoms with van der Waals surface area (Å²) in [5.74, 6) is -0.405. The normalized spacial score (nSPS) is 25.3. The Labute approximate surface area is 113 Å². The van der Waals surface area contributed by atoms with Crippen molar-refractivity contribution in [2.45, 2.75) is 23.1 Å². The van der Waals surface area contributed by atoms with Crippen molar-refractivity contribution in [3.8, 4) is 0 Å². The maximum absolute atomic E-state index is 13.4. The van der Waals surface area contributed by atoms with Crippen LogP contribution in [0.1, 0.15) is 6.92 Å². The average molecular weight is 281 g/mol. The van der Waals surface area contributed by atoms with Crippen molar-refractivity contribution < 1.29 is 14.0 Å². The molecule has 0 radical (unpaired) electrons. The molecule has 1 aromatic carbocycles. The summed E-state index contributed by atoms with van der Waals surface area (Å²) in [7, 11) is 0. The Hall–Kier alpha value is -1.76. The monoisotopic (exact) mass is 281 g/mol. The van der Waals surface area contributed by atoms with Crippen molar-refractivity contribution in [2.24, 2.45) is 5.73 Å². The standard InChI is InChI=1S/C12H12FN3O2S/c1-6-9-5-15(11(14)17)12(18)16(9)8-4-7(13)2-3-10(8)19-6/h2-4,6,9H,5H2,1H3,(H2,14,17). The number of nitrogens with two attached hydrogens (primary N) is 1. The minimum absolute atomic E-state index is 0.117. The van der Waals surface area contributed by atoms with Gasteiger partial charge >= 0.3 is 12.1 Å². The molecular formula is C12H12FN3O2S. The number of urea groups is 2. The number of benzene rings is 1. The van der Waals surface area contributed by atoms with Gasteiger partial charge in [-0.15, -0.1) is 11.8 Å². The van der Waals surface area contributed by atoms with Crippen molar-refractivity contribution in [3.63, 3.8) is 0 Å². The van der Waals surface area contributed by atoms with Gasteiger partial charge in [0.2, 0.25) is 0 Å². The maximum Gasteiger partial charge on any atom is 0.333 e. The van der Waals surface area contributed by atoms with Gasteiger partial charge in [0, 0.05) is 10.1 Å². The quantitative estimate of drug-likeness (QED) is 0.791.